The molecule has 7 atom stereocenters. The van der Waals surface area contributed by atoms with Crippen molar-refractivity contribution >= 4 is 11.9 Å². The quantitative estimate of drug-likeness (QED) is 0.741. The number of methoxy groups -OCH3 is 1. The second-order valence-electron chi connectivity index (χ2n) is 11.0. The summed E-state index contributed by atoms with van der Waals surface area (Å²) in [5.74, 6) is 1.81. The fourth-order valence-electron chi connectivity index (χ4n) is 8.70. The maximum absolute atomic E-state index is 12.9. The Hall–Kier alpha value is -1.06. The van der Waals surface area contributed by atoms with E-state index in [9.17, 15) is 9.59 Å². The maximum Gasteiger partial charge on any atom is 0.311 e. The summed E-state index contributed by atoms with van der Waals surface area (Å²) in [6, 6.07) is 0. The average molecular weight is 376 g/mol. The number of hydrogen-bond acceptors (Lipinski definition) is 3. The molecule has 0 aromatic rings. The van der Waals surface area contributed by atoms with Gasteiger partial charge in [-0.25, -0.2) is 0 Å². The van der Waals surface area contributed by atoms with Crippen LogP contribution >= 0.6 is 0 Å². The fraction of sp³-hybridized carbons (Fsp3) is 0.913. The van der Waals surface area contributed by atoms with Crippen LogP contribution in [0.1, 0.15) is 84.5 Å². The van der Waals surface area contributed by atoms with Crippen LogP contribution in [-0.2, 0) is 14.3 Å². The van der Waals surface area contributed by atoms with E-state index >= 15 is 0 Å². The third-order valence-corrected chi connectivity index (χ3v) is 9.02. The lowest BCUT2D eigenvalue weighted by molar-refractivity contribution is -0.189. The summed E-state index contributed by atoms with van der Waals surface area (Å²) < 4.78 is 5.32. The van der Waals surface area contributed by atoms with Gasteiger partial charge in [-0.2, -0.15) is 0 Å². The van der Waals surface area contributed by atoms with Crippen LogP contribution in [0.25, 0.3) is 0 Å². The molecular weight excluding hydrogens is 338 g/mol. The number of carbonyl (C=O) groups is 2. The molecule has 4 aliphatic carbocycles. The van der Waals surface area contributed by atoms with Crippen molar-refractivity contribution in [2.45, 2.75) is 84.5 Å². The molecule has 1 amide bonds. The number of ether oxygens (including phenoxy) is 1. The molecule has 0 radical (unpaired) electrons. The van der Waals surface area contributed by atoms with Crippen molar-refractivity contribution in [2.75, 3.05) is 7.11 Å². The SMILES string of the molecule is COC(=O)C12CCCC(C34CC(C)CC(CC(C(N)=O)C3)C4)(CC(C)C1)C2. The van der Waals surface area contributed by atoms with Crippen molar-refractivity contribution in [1.82, 2.24) is 0 Å². The lowest BCUT2D eigenvalue weighted by Crippen LogP contribution is -2.59. The highest BCUT2D eigenvalue weighted by Crippen LogP contribution is 2.71. The van der Waals surface area contributed by atoms with Crippen molar-refractivity contribution in [1.29, 1.82) is 0 Å². The van der Waals surface area contributed by atoms with Crippen LogP contribution in [0, 0.1) is 39.9 Å². The van der Waals surface area contributed by atoms with Crippen molar-refractivity contribution in [3.8, 4) is 0 Å². The molecule has 4 fully saturated rings. The van der Waals surface area contributed by atoms with Crippen LogP contribution in [0.3, 0.4) is 0 Å². The van der Waals surface area contributed by atoms with E-state index in [2.05, 4.69) is 13.8 Å². The maximum atomic E-state index is 12.9. The van der Waals surface area contributed by atoms with Gasteiger partial charge in [0.15, 0.2) is 0 Å². The minimum atomic E-state index is -0.296. The predicted octanol–water partition coefficient (Wildman–Crippen LogP) is 4.45. The first-order chi connectivity index (χ1) is 12.7. The van der Waals surface area contributed by atoms with E-state index in [4.69, 9.17) is 10.5 Å². The van der Waals surface area contributed by atoms with Gasteiger partial charge in [0.25, 0.3) is 0 Å². The van der Waals surface area contributed by atoms with Crippen molar-refractivity contribution in [3.63, 3.8) is 0 Å². The van der Waals surface area contributed by atoms with Gasteiger partial charge in [0.2, 0.25) is 5.91 Å². The van der Waals surface area contributed by atoms with Gasteiger partial charge >= 0.3 is 5.97 Å². The highest BCUT2D eigenvalue weighted by Gasteiger charge is 2.64. The minimum absolute atomic E-state index is 0.0113. The normalized spacial score (nSPS) is 49.3. The van der Waals surface area contributed by atoms with Crippen molar-refractivity contribution in [3.05, 3.63) is 0 Å². The molecule has 152 valence electrons. The Morgan fingerprint density at radius 1 is 0.926 bits per heavy atom. The summed E-state index contributed by atoms with van der Waals surface area (Å²) in [7, 11) is 1.55. The smallest absolute Gasteiger partial charge is 0.311 e. The monoisotopic (exact) mass is 375 g/mol. The molecule has 27 heavy (non-hydrogen) atoms. The molecule has 0 heterocycles. The average Bonchev–Trinajstić information content (AvgIpc) is 2.59. The summed E-state index contributed by atoms with van der Waals surface area (Å²) >= 11 is 0. The Labute approximate surface area is 164 Å². The molecular formula is C23H37NO3. The summed E-state index contributed by atoms with van der Waals surface area (Å²) in [6.07, 6.45) is 12.1. The molecule has 4 aliphatic rings. The van der Waals surface area contributed by atoms with E-state index < -0.39 is 0 Å². The number of nitrogens with two attached hydrogens (primary N) is 1. The van der Waals surface area contributed by atoms with Gasteiger partial charge in [-0.15, -0.1) is 0 Å². The van der Waals surface area contributed by atoms with Crippen LogP contribution in [0.2, 0.25) is 0 Å². The summed E-state index contributed by atoms with van der Waals surface area (Å²) in [4.78, 5) is 25.1. The Kier molecular flexibility index (Phi) is 4.63. The molecule has 4 saturated carbocycles. The van der Waals surface area contributed by atoms with E-state index in [0.29, 0.717) is 17.8 Å². The van der Waals surface area contributed by atoms with Crippen LogP contribution in [-0.4, -0.2) is 19.0 Å². The van der Waals surface area contributed by atoms with Gasteiger partial charge in [0.05, 0.1) is 12.5 Å². The highest BCUT2D eigenvalue weighted by atomic mass is 16.5. The lowest BCUT2D eigenvalue weighted by atomic mass is 9.38. The number of fused-ring (bicyclic) bond motifs is 5. The standard InChI is InChI=1S/C23H37NO3/c1-15-7-17-8-18(19(24)25)13-23(10-15,12-17)22-6-4-5-21(14-22,20(26)27-3)9-16(2)11-22/h15-18H,4-14H2,1-3H3,(H2,24,25). The molecule has 0 spiro atoms. The molecule has 2 N–H and O–H groups in total. The zero-order valence-electron chi connectivity index (χ0n) is 17.4. The number of carbonyl (C=O) groups excluding carboxylic acids is 2. The van der Waals surface area contributed by atoms with Crippen LogP contribution < -0.4 is 5.73 Å². The highest BCUT2D eigenvalue weighted by molar-refractivity contribution is 5.78. The fourth-order valence-corrected chi connectivity index (χ4v) is 8.70. The molecule has 4 nitrogen and oxygen atoms in total. The van der Waals surface area contributed by atoms with E-state index in [1.165, 1.54) is 32.1 Å². The van der Waals surface area contributed by atoms with Gasteiger partial charge < -0.3 is 10.5 Å². The Morgan fingerprint density at radius 3 is 2.37 bits per heavy atom. The Morgan fingerprint density at radius 2 is 1.67 bits per heavy atom. The number of primary amides is 1. The second-order valence-corrected chi connectivity index (χ2v) is 11.0. The zero-order valence-corrected chi connectivity index (χ0v) is 17.4. The zero-order chi connectivity index (χ0) is 19.4. The predicted molar refractivity (Wildman–Crippen MR) is 105 cm³/mol. The molecule has 4 rings (SSSR count). The largest absolute Gasteiger partial charge is 0.469 e. The molecule has 0 aromatic heterocycles. The summed E-state index contributed by atoms with van der Waals surface area (Å²) in [5.41, 5.74) is 5.89. The van der Waals surface area contributed by atoms with Crippen molar-refractivity contribution in [2.24, 2.45) is 45.7 Å². The number of hydrogen-bond donors (Lipinski definition) is 1. The molecule has 4 heteroatoms. The van der Waals surface area contributed by atoms with Gasteiger partial charge in [-0.1, -0.05) is 20.3 Å². The van der Waals surface area contributed by atoms with Crippen LogP contribution in [0.4, 0.5) is 0 Å². The molecule has 0 aliphatic heterocycles. The van der Waals surface area contributed by atoms with Crippen molar-refractivity contribution < 1.29 is 14.3 Å². The number of amides is 1. The molecule has 0 aromatic carbocycles. The van der Waals surface area contributed by atoms with E-state index in [0.717, 1.165) is 38.5 Å². The number of rotatable bonds is 3. The van der Waals surface area contributed by atoms with Gasteiger partial charge in [-0.05, 0) is 92.8 Å². The third-order valence-electron chi connectivity index (χ3n) is 9.02. The number of esters is 1. The summed E-state index contributed by atoms with van der Waals surface area (Å²) in [6.45, 7) is 4.72. The molecule has 7 unspecified atom stereocenters. The van der Waals surface area contributed by atoms with E-state index in [1.54, 1.807) is 7.11 Å². The Balaban J connectivity index is 1.76. The second kappa shape index (κ2) is 6.49. The minimum Gasteiger partial charge on any atom is -0.469 e. The van der Waals surface area contributed by atoms with Gasteiger partial charge in [-0.3, -0.25) is 9.59 Å². The Bertz CT molecular complexity index is 629. The first-order valence-electron chi connectivity index (χ1n) is 11.1. The topological polar surface area (TPSA) is 69.4 Å². The lowest BCUT2D eigenvalue weighted by Gasteiger charge is -2.66. The van der Waals surface area contributed by atoms with Crippen LogP contribution in [0.15, 0.2) is 0 Å². The van der Waals surface area contributed by atoms with E-state index in [1.807, 2.05) is 0 Å². The van der Waals surface area contributed by atoms with E-state index in [-0.39, 0.29) is 34.0 Å². The molecule has 0 saturated heterocycles. The van der Waals surface area contributed by atoms with Crippen LogP contribution in [0.5, 0.6) is 0 Å². The third kappa shape index (κ3) is 2.93. The molecule has 4 bridgehead atoms. The van der Waals surface area contributed by atoms with Gasteiger partial charge in [0.1, 0.15) is 0 Å². The summed E-state index contributed by atoms with van der Waals surface area (Å²) in [5, 5.41) is 0. The first-order valence-corrected chi connectivity index (χ1v) is 11.1. The first kappa shape index (κ1) is 19.3. The van der Waals surface area contributed by atoms with Gasteiger partial charge in [0, 0.05) is 5.92 Å².